The normalized spacial score (nSPS) is 31.2. The molecule has 1 spiro atoms. The van der Waals surface area contributed by atoms with Crippen LogP contribution in [0.2, 0.25) is 0 Å². The molecule has 0 unspecified atom stereocenters. The molecule has 2 aromatic rings. The Morgan fingerprint density at radius 2 is 2.24 bits per heavy atom. The van der Waals surface area contributed by atoms with Crippen LogP contribution in [0.4, 0.5) is 5.69 Å². The van der Waals surface area contributed by atoms with Crippen molar-refractivity contribution in [2.75, 3.05) is 20.6 Å². The van der Waals surface area contributed by atoms with E-state index in [0.29, 0.717) is 17.7 Å². The van der Waals surface area contributed by atoms with E-state index >= 15 is 0 Å². The first kappa shape index (κ1) is 21.2. The van der Waals surface area contributed by atoms with Gasteiger partial charge in [0, 0.05) is 41.3 Å². The molecule has 2 aliphatic carbocycles. The van der Waals surface area contributed by atoms with Crippen molar-refractivity contribution < 1.29 is 24.0 Å². The highest BCUT2D eigenvalue weighted by Crippen LogP contribution is 2.65. The van der Waals surface area contributed by atoms with Crippen LogP contribution in [0.5, 0.6) is 11.5 Å². The maximum absolute atomic E-state index is 13.1. The van der Waals surface area contributed by atoms with Crippen molar-refractivity contribution in [2.45, 2.75) is 49.3 Å². The molecular formula is C25H27N3O6. The van der Waals surface area contributed by atoms with Gasteiger partial charge in [-0.2, -0.15) is 0 Å². The van der Waals surface area contributed by atoms with E-state index in [-0.39, 0.29) is 41.4 Å². The van der Waals surface area contributed by atoms with Crippen LogP contribution in [-0.4, -0.2) is 64.6 Å². The minimum atomic E-state index is -0.449. The van der Waals surface area contributed by atoms with Crippen molar-refractivity contribution in [1.82, 2.24) is 9.80 Å². The molecule has 3 heterocycles. The highest BCUT2D eigenvalue weighted by atomic mass is 16.6. The lowest BCUT2D eigenvalue weighted by Crippen LogP contribution is -2.68. The topological polar surface area (TPSA) is 109 Å². The van der Waals surface area contributed by atoms with E-state index in [0.717, 1.165) is 36.9 Å². The Morgan fingerprint density at radius 3 is 2.97 bits per heavy atom. The summed E-state index contributed by atoms with van der Waals surface area (Å²) in [6.07, 6.45) is 9.03. The van der Waals surface area contributed by atoms with Gasteiger partial charge >= 0.3 is 0 Å². The summed E-state index contributed by atoms with van der Waals surface area (Å²) in [5.74, 6) is 0.308. The van der Waals surface area contributed by atoms with Gasteiger partial charge in [0.1, 0.15) is 6.10 Å². The van der Waals surface area contributed by atoms with E-state index in [9.17, 15) is 20.0 Å². The molecule has 34 heavy (non-hydrogen) atoms. The number of phenols is 1. The smallest absolute Gasteiger partial charge is 0.276 e. The summed E-state index contributed by atoms with van der Waals surface area (Å²) >= 11 is 0. The van der Waals surface area contributed by atoms with Gasteiger partial charge < -0.3 is 24.1 Å². The summed E-state index contributed by atoms with van der Waals surface area (Å²) in [4.78, 5) is 28.7. The standard InChI is InChI=1S/C25H27N3O6/c1-26-9-8-25-16-4-5-17(27(2)21(30)6-3-14-7-10-33-13-14)24(25)34-23-20(29)12-18(28(31)32)15(22(23)25)11-19(16)26/h3,6-7,10,12-13,16-17,19,24,29H,4-5,8-9,11H2,1-2H3/b6-3+/t16-,17-,19+,24-,25-/m0/s1. The number of likely N-dealkylation sites (N-methyl/N-ethyl adjacent to an activating group) is 2. The lowest BCUT2D eigenvalue weighted by atomic mass is 9.51. The number of nitro benzene ring substituents is 1. The fraction of sp³-hybridized carbons (Fsp3) is 0.480. The molecule has 2 aliphatic heterocycles. The van der Waals surface area contributed by atoms with Crippen molar-refractivity contribution >= 4 is 17.7 Å². The first-order chi connectivity index (χ1) is 16.3. The molecule has 1 aromatic carbocycles. The van der Waals surface area contributed by atoms with Gasteiger partial charge in [0.2, 0.25) is 5.91 Å². The van der Waals surface area contributed by atoms with E-state index in [1.807, 2.05) is 0 Å². The first-order valence-electron chi connectivity index (χ1n) is 11.7. The van der Waals surface area contributed by atoms with Crippen LogP contribution in [0.1, 0.15) is 36.0 Å². The first-order valence-corrected chi connectivity index (χ1v) is 11.7. The molecule has 1 saturated heterocycles. The number of aromatic hydroxyl groups is 1. The van der Waals surface area contributed by atoms with Gasteiger partial charge in [-0.05, 0) is 57.3 Å². The van der Waals surface area contributed by atoms with Crippen LogP contribution in [0.15, 0.2) is 35.2 Å². The van der Waals surface area contributed by atoms with Crippen LogP contribution in [0.25, 0.3) is 6.08 Å². The minimum Gasteiger partial charge on any atom is -0.504 e. The lowest BCUT2D eigenvalue weighted by molar-refractivity contribution is -0.385. The predicted octanol–water partition coefficient (Wildman–Crippen LogP) is 3.10. The zero-order chi connectivity index (χ0) is 23.8. The molecule has 1 saturated carbocycles. The van der Waals surface area contributed by atoms with Gasteiger partial charge in [-0.1, -0.05) is 0 Å². The highest BCUT2D eigenvalue weighted by Gasteiger charge is 2.67. The number of likely N-dealkylation sites (tertiary alicyclic amines) is 1. The lowest BCUT2D eigenvalue weighted by Gasteiger charge is -2.59. The second-order valence-electron chi connectivity index (χ2n) is 10.0. The SMILES string of the molecule is CN1CC[C@]23c4c5c([N+](=O)[O-])cc(O)c4O[C@H]2[C@@H](N(C)C(=O)/C=C/c2ccoc2)CC[C@H]3[C@H]1C5. The summed E-state index contributed by atoms with van der Waals surface area (Å²) in [7, 11) is 3.87. The van der Waals surface area contributed by atoms with Gasteiger partial charge in [0.25, 0.3) is 5.69 Å². The second-order valence-corrected chi connectivity index (χ2v) is 10.0. The third-order valence-corrected chi connectivity index (χ3v) is 8.67. The van der Waals surface area contributed by atoms with Crippen LogP contribution in [0.3, 0.4) is 0 Å². The molecule has 178 valence electrons. The molecule has 1 aromatic heterocycles. The molecule has 2 fully saturated rings. The zero-order valence-electron chi connectivity index (χ0n) is 19.1. The molecule has 1 amide bonds. The monoisotopic (exact) mass is 465 g/mol. The predicted molar refractivity (Wildman–Crippen MR) is 123 cm³/mol. The highest BCUT2D eigenvalue weighted by molar-refractivity contribution is 5.91. The van der Waals surface area contributed by atoms with E-state index in [4.69, 9.17) is 9.15 Å². The number of piperidine rings is 1. The third kappa shape index (κ3) is 2.73. The Morgan fingerprint density at radius 1 is 1.41 bits per heavy atom. The quantitative estimate of drug-likeness (QED) is 0.420. The molecule has 4 aliphatic rings. The van der Waals surface area contributed by atoms with Crippen LogP contribution < -0.4 is 4.74 Å². The fourth-order valence-electron chi connectivity index (χ4n) is 7.15. The molecule has 0 radical (unpaired) electrons. The summed E-state index contributed by atoms with van der Waals surface area (Å²) < 4.78 is 11.6. The number of carbonyl (C=O) groups is 1. The number of carbonyl (C=O) groups excluding carboxylic acids is 1. The van der Waals surface area contributed by atoms with Crippen LogP contribution >= 0.6 is 0 Å². The zero-order valence-corrected chi connectivity index (χ0v) is 19.1. The van der Waals surface area contributed by atoms with Crippen molar-refractivity contribution in [2.24, 2.45) is 5.92 Å². The number of hydrogen-bond acceptors (Lipinski definition) is 7. The Balaban J connectivity index is 1.43. The van der Waals surface area contributed by atoms with E-state index < -0.39 is 10.3 Å². The Hall–Kier alpha value is -3.33. The van der Waals surface area contributed by atoms with Gasteiger partial charge in [0.15, 0.2) is 11.5 Å². The molecular weight excluding hydrogens is 438 g/mol. The van der Waals surface area contributed by atoms with E-state index in [2.05, 4.69) is 11.9 Å². The number of phenolic OH excluding ortho intramolecular Hbond substituents is 1. The molecule has 9 heteroatoms. The summed E-state index contributed by atoms with van der Waals surface area (Å²) in [6, 6.07) is 2.97. The maximum atomic E-state index is 13.1. The number of ether oxygens (including phenoxy) is 1. The number of furan rings is 1. The van der Waals surface area contributed by atoms with Gasteiger partial charge in [-0.25, -0.2) is 0 Å². The van der Waals surface area contributed by atoms with Crippen molar-refractivity contribution in [3.8, 4) is 11.5 Å². The van der Waals surface area contributed by atoms with E-state index in [1.165, 1.54) is 12.1 Å². The molecule has 2 bridgehead atoms. The summed E-state index contributed by atoms with van der Waals surface area (Å²) in [6.45, 7) is 0.841. The molecule has 5 atom stereocenters. The summed E-state index contributed by atoms with van der Waals surface area (Å²) in [5, 5.41) is 22.7. The van der Waals surface area contributed by atoms with Crippen LogP contribution in [-0.2, 0) is 16.6 Å². The average Bonchev–Trinajstić information content (AvgIpc) is 3.46. The average molecular weight is 466 g/mol. The van der Waals surface area contributed by atoms with Crippen molar-refractivity contribution in [3.63, 3.8) is 0 Å². The number of nitrogens with zero attached hydrogens (tertiary/aromatic N) is 3. The summed E-state index contributed by atoms with van der Waals surface area (Å²) in [5.41, 5.74) is 1.82. The van der Waals surface area contributed by atoms with Gasteiger partial charge in [-0.3, -0.25) is 14.9 Å². The minimum absolute atomic E-state index is 0.0341. The van der Waals surface area contributed by atoms with Gasteiger partial charge in [-0.15, -0.1) is 0 Å². The number of hydrogen-bond donors (Lipinski definition) is 1. The van der Waals surface area contributed by atoms with E-state index in [1.54, 1.807) is 36.6 Å². The Labute approximate surface area is 196 Å². The number of nitro groups is 1. The molecule has 9 nitrogen and oxygen atoms in total. The van der Waals surface area contributed by atoms with Crippen molar-refractivity contribution in [1.29, 1.82) is 0 Å². The fourth-order valence-corrected chi connectivity index (χ4v) is 7.15. The van der Waals surface area contributed by atoms with Crippen LogP contribution in [0, 0.1) is 16.0 Å². The largest absolute Gasteiger partial charge is 0.504 e. The van der Waals surface area contributed by atoms with Gasteiger partial charge in [0.05, 0.1) is 29.6 Å². The Kier molecular flexibility index (Phi) is 4.58. The molecule has 1 N–H and O–H groups in total. The third-order valence-electron chi connectivity index (χ3n) is 8.67. The number of benzene rings is 1. The maximum Gasteiger partial charge on any atom is 0.276 e. The number of amides is 1. The second kappa shape index (κ2) is 7.33. The molecule has 6 rings (SSSR count). The Bertz CT molecular complexity index is 1210. The number of rotatable bonds is 4. The van der Waals surface area contributed by atoms with Crippen molar-refractivity contribution in [3.05, 3.63) is 57.5 Å².